The Morgan fingerprint density at radius 3 is 0.931 bits per heavy atom. The highest BCUT2D eigenvalue weighted by Gasteiger charge is 2.23. The average molecular weight is 739 g/mol. The zero-order chi connectivity index (χ0) is 37.9. The van der Waals surface area contributed by atoms with E-state index >= 15 is 0 Å². The molecule has 270 valence electrons. The van der Waals surface area contributed by atoms with Crippen LogP contribution in [0.4, 0.5) is 0 Å². The molecular weight excluding hydrogens is 705 g/mol. The molecule has 0 saturated carbocycles. The van der Waals surface area contributed by atoms with Crippen molar-refractivity contribution in [3.63, 3.8) is 0 Å². The van der Waals surface area contributed by atoms with E-state index in [1.165, 1.54) is 92.9 Å². The van der Waals surface area contributed by atoms with Crippen molar-refractivity contribution < 1.29 is 0 Å². The first-order valence-electron chi connectivity index (χ1n) is 20.0. The fourth-order valence-corrected chi connectivity index (χ4v) is 10.1. The Labute approximate surface area is 333 Å². The van der Waals surface area contributed by atoms with Crippen molar-refractivity contribution in [3.8, 4) is 22.7 Å². The molecule has 0 spiro atoms. The zero-order valence-corrected chi connectivity index (χ0v) is 31.4. The van der Waals surface area contributed by atoms with Crippen LogP contribution in [0.3, 0.4) is 0 Å². The van der Waals surface area contributed by atoms with E-state index in [1.807, 2.05) is 0 Å². The van der Waals surface area contributed by atoms with Gasteiger partial charge in [-0.05, 0) is 78.9 Å². The van der Waals surface area contributed by atoms with Crippen molar-refractivity contribution >= 4 is 87.2 Å². The molecule has 58 heavy (non-hydrogen) atoms. The summed E-state index contributed by atoms with van der Waals surface area (Å²) in [5.74, 6) is 0. The van der Waals surface area contributed by atoms with Gasteiger partial charge in [-0.1, -0.05) is 127 Å². The van der Waals surface area contributed by atoms with E-state index in [0.717, 1.165) is 17.1 Å². The summed E-state index contributed by atoms with van der Waals surface area (Å²) in [4.78, 5) is 0. The summed E-state index contributed by atoms with van der Waals surface area (Å²) in [5.41, 5.74) is 14.1. The zero-order valence-electron chi connectivity index (χ0n) is 31.4. The summed E-state index contributed by atoms with van der Waals surface area (Å²) >= 11 is 0. The Morgan fingerprint density at radius 1 is 0.207 bits per heavy atom. The summed E-state index contributed by atoms with van der Waals surface area (Å²) in [6, 6.07) is 75.4. The molecule has 4 nitrogen and oxygen atoms in total. The highest BCUT2D eigenvalue weighted by atomic mass is 15.0. The summed E-state index contributed by atoms with van der Waals surface area (Å²) in [5, 5.41) is 9.97. The van der Waals surface area contributed by atoms with Crippen LogP contribution in [0.25, 0.3) is 110 Å². The third-order valence-corrected chi connectivity index (χ3v) is 12.3. The molecule has 13 rings (SSSR count). The monoisotopic (exact) mass is 738 g/mol. The van der Waals surface area contributed by atoms with Crippen molar-refractivity contribution in [2.75, 3.05) is 0 Å². The quantitative estimate of drug-likeness (QED) is 0.171. The molecule has 9 aromatic carbocycles. The molecule has 4 heterocycles. The Morgan fingerprint density at radius 2 is 0.483 bits per heavy atom. The largest absolute Gasteiger partial charge is 0.309 e. The van der Waals surface area contributed by atoms with Crippen molar-refractivity contribution in [2.45, 2.75) is 0 Å². The second-order valence-electron chi connectivity index (χ2n) is 15.3. The van der Waals surface area contributed by atoms with E-state index in [1.54, 1.807) is 0 Å². The van der Waals surface area contributed by atoms with Gasteiger partial charge in [-0.2, -0.15) is 0 Å². The van der Waals surface area contributed by atoms with Crippen molar-refractivity contribution in [1.29, 1.82) is 0 Å². The Bertz CT molecular complexity index is 3700. The SMILES string of the molecule is c1cc(-n2c3ccccc3c3ccccc32)cc(-n2c3ccccc3c3c(-n4c5ccccc5c5c(-n6c7ccccc7c7ccccc76)cccc54)cccc32)c1. The van der Waals surface area contributed by atoms with Gasteiger partial charge in [-0.3, -0.25) is 0 Å². The highest BCUT2D eigenvalue weighted by molar-refractivity contribution is 6.19. The van der Waals surface area contributed by atoms with E-state index in [-0.39, 0.29) is 0 Å². The summed E-state index contributed by atoms with van der Waals surface area (Å²) in [6.45, 7) is 0. The van der Waals surface area contributed by atoms with Crippen LogP contribution in [-0.4, -0.2) is 18.3 Å². The van der Waals surface area contributed by atoms with Crippen molar-refractivity contribution in [1.82, 2.24) is 18.3 Å². The van der Waals surface area contributed by atoms with E-state index in [0.29, 0.717) is 0 Å². The second kappa shape index (κ2) is 11.8. The Hall–Kier alpha value is -7.82. The van der Waals surface area contributed by atoms with Gasteiger partial charge >= 0.3 is 0 Å². The van der Waals surface area contributed by atoms with E-state index in [4.69, 9.17) is 0 Å². The van der Waals surface area contributed by atoms with Crippen molar-refractivity contribution in [3.05, 3.63) is 206 Å². The van der Waals surface area contributed by atoms with Crippen LogP contribution in [0.2, 0.25) is 0 Å². The van der Waals surface area contributed by atoms with Crippen LogP contribution in [-0.2, 0) is 0 Å². The lowest BCUT2D eigenvalue weighted by atomic mass is 10.1. The minimum absolute atomic E-state index is 1.12. The topological polar surface area (TPSA) is 19.7 Å². The smallest absolute Gasteiger partial charge is 0.0562 e. The van der Waals surface area contributed by atoms with Gasteiger partial charge in [0.1, 0.15) is 0 Å². The third-order valence-electron chi connectivity index (χ3n) is 12.3. The van der Waals surface area contributed by atoms with Gasteiger partial charge in [0.25, 0.3) is 0 Å². The van der Waals surface area contributed by atoms with Crippen LogP contribution in [0.1, 0.15) is 0 Å². The highest BCUT2D eigenvalue weighted by Crippen LogP contribution is 2.43. The van der Waals surface area contributed by atoms with Crippen LogP contribution >= 0.6 is 0 Å². The molecule has 4 aromatic heterocycles. The number of nitrogens with zero attached hydrogens (tertiary/aromatic N) is 4. The molecule has 4 heteroatoms. The van der Waals surface area contributed by atoms with E-state index in [2.05, 4.69) is 225 Å². The molecule has 13 aromatic rings. The maximum Gasteiger partial charge on any atom is 0.0562 e. The van der Waals surface area contributed by atoms with Gasteiger partial charge < -0.3 is 18.3 Å². The molecular formula is C54H34N4. The summed E-state index contributed by atoms with van der Waals surface area (Å²) in [6.07, 6.45) is 0. The molecule has 0 saturated heterocycles. The predicted molar refractivity (Wildman–Crippen MR) is 244 cm³/mol. The summed E-state index contributed by atoms with van der Waals surface area (Å²) in [7, 11) is 0. The van der Waals surface area contributed by atoms with Crippen LogP contribution in [0, 0.1) is 0 Å². The summed E-state index contributed by atoms with van der Waals surface area (Å²) < 4.78 is 9.80. The molecule has 0 atom stereocenters. The molecule has 0 radical (unpaired) electrons. The maximum absolute atomic E-state index is 2.50. The minimum atomic E-state index is 1.12. The standard InChI is InChI=1S/C54H34N4/c1-7-24-43-37(18-1)38-19-2-8-25-44(38)55(43)35-16-13-17-36(34-35)56-47-28-11-5-22-41(47)53-49(56)30-14-32-51(53)58-48-29-12-6-23-42(48)54-50(31-15-33-52(54)58)57-45-26-9-3-20-39(45)40-21-4-10-27-46(40)57/h1-34H. The molecule has 0 amide bonds. The molecule has 0 aliphatic rings. The van der Waals surface area contributed by atoms with Gasteiger partial charge in [-0.25, -0.2) is 0 Å². The number of rotatable bonds is 4. The van der Waals surface area contributed by atoms with E-state index < -0.39 is 0 Å². The second-order valence-corrected chi connectivity index (χ2v) is 15.3. The lowest BCUT2D eigenvalue weighted by Crippen LogP contribution is -1.99. The molecule has 0 N–H and O–H groups in total. The minimum Gasteiger partial charge on any atom is -0.309 e. The Kier molecular flexibility index (Phi) is 6.41. The number of para-hydroxylation sites is 6. The number of fused-ring (bicyclic) bond motifs is 12. The fraction of sp³-hybridized carbons (Fsp3) is 0. The number of hydrogen-bond acceptors (Lipinski definition) is 0. The first-order chi connectivity index (χ1) is 28.8. The van der Waals surface area contributed by atoms with Gasteiger partial charge in [-0.15, -0.1) is 0 Å². The fourth-order valence-electron chi connectivity index (χ4n) is 10.1. The average Bonchev–Trinajstić information content (AvgIpc) is 4.02. The number of hydrogen-bond donors (Lipinski definition) is 0. The lowest BCUT2D eigenvalue weighted by Gasteiger charge is -2.14. The molecule has 0 bridgehead atoms. The van der Waals surface area contributed by atoms with Gasteiger partial charge in [0.15, 0.2) is 0 Å². The van der Waals surface area contributed by atoms with Gasteiger partial charge in [0.2, 0.25) is 0 Å². The van der Waals surface area contributed by atoms with Crippen LogP contribution in [0.15, 0.2) is 206 Å². The van der Waals surface area contributed by atoms with Gasteiger partial charge in [0, 0.05) is 54.5 Å². The van der Waals surface area contributed by atoms with Crippen LogP contribution < -0.4 is 0 Å². The lowest BCUT2D eigenvalue weighted by molar-refractivity contribution is 1.13. The van der Waals surface area contributed by atoms with E-state index in [9.17, 15) is 0 Å². The molecule has 0 fully saturated rings. The maximum atomic E-state index is 2.50. The number of benzene rings is 9. The van der Waals surface area contributed by atoms with Gasteiger partial charge in [0.05, 0.1) is 55.5 Å². The van der Waals surface area contributed by atoms with Crippen LogP contribution in [0.5, 0.6) is 0 Å². The first-order valence-corrected chi connectivity index (χ1v) is 20.0. The number of aromatic nitrogens is 4. The predicted octanol–water partition coefficient (Wildman–Crippen LogP) is 14.1. The first kappa shape index (κ1) is 31.4. The normalized spacial score (nSPS) is 12.1. The molecule has 0 unspecified atom stereocenters. The Balaban J connectivity index is 1.09. The third kappa shape index (κ3) is 4.18. The molecule has 0 aliphatic carbocycles. The van der Waals surface area contributed by atoms with Crippen molar-refractivity contribution in [2.24, 2.45) is 0 Å². The molecule has 0 aliphatic heterocycles.